The lowest BCUT2D eigenvalue weighted by Gasteiger charge is -2.62. The molecule has 0 saturated heterocycles. The van der Waals surface area contributed by atoms with Crippen LogP contribution in [0, 0.1) is 39.4 Å². The molecular formula is C30H48O3. The van der Waals surface area contributed by atoms with Gasteiger partial charge in [0.1, 0.15) is 0 Å². The summed E-state index contributed by atoms with van der Waals surface area (Å²) in [4.78, 5) is 12.2. The minimum Gasteiger partial charge on any atom is -0.393 e. The number of rotatable bonds is 5. The Hall–Kier alpha value is -0.930. The Bertz CT molecular complexity index is 868. The third-order valence-corrected chi connectivity index (χ3v) is 11.9. The molecule has 3 heteroatoms. The van der Waals surface area contributed by atoms with Crippen LogP contribution < -0.4 is 0 Å². The molecule has 0 radical (unpaired) electrons. The second-order valence-corrected chi connectivity index (χ2v) is 13.6. The predicted octanol–water partition coefficient (Wildman–Crippen LogP) is 6.63. The molecule has 0 aromatic rings. The molecule has 8 atom stereocenters. The van der Waals surface area contributed by atoms with Gasteiger partial charge in [0.25, 0.3) is 0 Å². The number of hydrogen-bond donors (Lipinski definition) is 2. The summed E-state index contributed by atoms with van der Waals surface area (Å²) in [6.07, 6.45) is 8.42. The van der Waals surface area contributed by atoms with Crippen LogP contribution in [0.4, 0.5) is 0 Å². The average molecular weight is 457 g/mol. The van der Waals surface area contributed by atoms with E-state index in [1.165, 1.54) is 19.3 Å². The highest BCUT2D eigenvalue weighted by molar-refractivity contribution is 5.94. The van der Waals surface area contributed by atoms with E-state index >= 15 is 0 Å². The van der Waals surface area contributed by atoms with Crippen LogP contribution in [-0.2, 0) is 4.79 Å². The zero-order valence-corrected chi connectivity index (χ0v) is 22.3. The lowest BCUT2D eigenvalue weighted by Crippen LogP contribution is -2.55. The summed E-state index contributed by atoms with van der Waals surface area (Å²) in [7, 11) is 0. The van der Waals surface area contributed by atoms with Gasteiger partial charge in [0.2, 0.25) is 0 Å². The highest BCUT2D eigenvalue weighted by Crippen LogP contribution is 2.72. The van der Waals surface area contributed by atoms with Gasteiger partial charge in [0.05, 0.1) is 12.2 Å². The lowest BCUT2D eigenvalue weighted by molar-refractivity contribution is -0.119. The smallest absolute Gasteiger partial charge is 0.160 e. The van der Waals surface area contributed by atoms with Crippen molar-refractivity contribution < 1.29 is 15.0 Å². The summed E-state index contributed by atoms with van der Waals surface area (Å²) in [5.74, 6) is 1.08. The quantitative estimate of drug-likeness (QED) is 0.361. The number of hydrogen-bond acceptors (Lipinski definition) is 3. The van der Waals surface area contributed by atoms with E-state index in [0.29, 0.717) is 17.4 Å². The van der Waals surface area contributed by atoms with Gasteiger partial charge in [-0.2, -0.15) is 0 Å². The van der Waals surface area contributed by atoms with Gasteiger partial charge in [-0.15, -0.1) is 0 Å². The van der Waals surface area contributed by atoms with Crippen molar-refractivity contribution >= 4 is 5.78 Å². The third kappa shape index (κ3) is 3.46. The molecule has 0 spiro atoms. The van der Waals surface area contributed by atoms with Crippen molar-refractivity contribution in [1.82, 2.24) is 0 Å². The van der Waals surface area contributed by atoms with Crippen molar-refractivity contribution in [3.8, 4) is 0 Å². The van der Waals surface area contributed by atoms with Gasteiger partial charge in [0, 0.05) is 6.42 Å². The van der Waals surface area contributed by atoms with Gasteiger partial charge < -0.3 is 10.2 Å². The van der Waals surface area contributed by atoms with Crippen LogP contribution in [0.2, 0.25) is 0 Å². The normalized spacial score (nSPS) is 43.8. The molecular weight excluding hydrogens is 408 g/mol. The Morgan fingerprint density at radius 3 is 2.33 bits per heavy atom. The maximum absolute atomic E-state index is 12.2. The number of carbonyl (C=O) groups excluding carboxylic acids is 1. The molecule has 0 aromatic carbocycles. The van der Waals surface area contributed by atoms with E-state index in [0.717, 1.165) is 32.1 Å². The minimum atomic E-state index is -0.595. The maximum Gasteiger partial charge on any atom is 0.160 e. The van der Waals surface area contributed by atoms with Crippen LogP contribution in [-0.4, -0.2) is 28.2 Å². The monoisotopic (exact) mass is 456 g/mol. The molecule has 0 aliphatic heterocycles. The van der Waals surface area contributed by atoms with E-state index in [4.69, 9.17) is 0 Å². The molecule has 4 aliphatic carbocycles. The number of carbonyl (C=O) groups is 1. The fraction of sp³-hybridized carbons (Fsp3) is 0.833. The Morgan fingerprint density at radius 1 is 1.03 bits per heavy atom. The summed E-state index contributed by atoms with van der Waals surface area (Å²) >= 11 is 0. The first kappa shape index (κ1) is 25.2. The standard InChI is InChI=1S/C30H48O3/c1-18(2)23(31)17-24(32)19(3)20-11-15-30(8)22-9-10-25-27(4,5)26(33)13-14-28(25,6)21(22)12-16-29(20,30)7/h19-20,24-26,32-33H,1,9-17H2,2-8H3/t19-,20-,24+,25+,26+,28-,29-,30+/m1/s1. The van der Waals surface area contributed by atoms with Crippen molar-refractivity contribution in [1.29, 1.82) is 0 Å². The van der Waals surface area contributed by atoms with Crippen molar-refractivity contribution in [2.45, 2.75) is 118 Å². The van der Waals surface area contributed by atoms with Gasteiger partial charge in [0.15, 0.2) is 5.78 Å². The topological polar surface area (TPSA) is 57.5 Å². The van der Waals surface area contributed by atoms with E-state index in [2.05, 4.69) is 48.1 Å². The Morgan fingerprint density at radius 2 is 1.70 bits per heavy atom. The van der Waals surface area contributed by atoms with Crippen LogP contribution in [0.5, 0.6) is 0 Å². The largest absolute Gasteiger partial charge is 0.393 e. The summed E-state index contributed by atoms with van der Waals surface area (Å²) in [6.45, 7) is 19.8. The molecule has 186 valence electrons. The first-order chi connectivity index (χ1) is 15.2. The van der Waals surface area contributed by atoms with Gasteiger partial charge in [-0.3, -0.25) is 4.79 Å². The minimum absolute atomic E-state index is 0.0118. The van der Waals surface area contributed by atoms with Crippen LogP contribution in [0.15, 0.2) is 23.3 Å². The average Bonchev–Trinajstić information content (AvgIpc) is 3.02. The number of ketones is 1. The van der Waals surface area contributed by atoms with E-state index in [-0.39, 0.29) is 45.9 Å². The molecule has 2 saturated carbocycles. The predicted molar refractivity (Wildman–Crippen MR) is 135 cm³/mol. The molecule has 33 heavy (non-hydrogen) atoms. The molecule has 2 N–H and O–H groups in total. The molecule has 0 heterocycles. The first-order valence-corrected chi connectivity index (χ1v) is 13.5. The maximum atomic E-state index is 12.2. The summed E-state index contributed by atoms with van der Waals surface area (Å²) in [5.41, 5.74) is 4.51. The lowest BCUT2D eigenvalue weighted by atomic mass is 9.43. The molecule has 0 unspecified atom stereocenters. The van der Waals surface area contributed by atoms with Gasteiger partial charge >= 0.3 is 0 Å². The van der Waals surface area contributed by atoms with Crippen molar-refractivity contribution in [3.05, 3.63) is 23.3 Å². The van der Waals surface area contributed by atoms with Crippen LogP contribution in [0.1, 0.15) is 106 Å². The molecule has 2 fully saturated rings. The fourth-order valence-electron chi connectivity index (χ4n) is 9.38. The van der Waals surface area contributed by atoms with Crippen molar-refractivity contribution in [2.75, 3.05) is 0 Å². The highest BCUT2D eigenvalue weighted by Gasteiger charge is 2.63. The number of aliphatic hydroxyl groups excluding tert-OH is 2. The van der Waals surface area contributed by atoms with E-state index in [9.17, 15) is 15.0 Å². The number of aliphatic hydroxyl groups is 2. The molecule has 4 aliphatic rings. The van der Waals surface area contributed by atoms with E-state index in [1.54, 1.807) is 18.1 Å². The summed E-state index contributed by atoms with van der Waals surface area (Å²) < 4.78 is 0. The van der Waals surface area contributed by atoms with Crippen LogP contribution in [0.3, 0.4) is 0 Å². The van der Waals surface area contributed by atoms with Crippen LogP contribution >= 0.6 is 0 Å². The van der Waals surface area contributed by atoms with Crippen molar-refractivity contribution in [3.63, 3.8) is 0 Å². The summed E-state index contributed by atoms with van der Waals surface area (Å²) in [5, 5.41) is 21.8. The fourth-order valence-corrected chi connectivity index (χ4v) is 9.38. The van der Waals surface area contributed by atoms with Gasteiger partial charge in [-0.25, -0.2) is 0 Å². The zero-order valence-electron chi connectivity index (χ0n) is 22.3. The van der Waals surface area contributed by atoms with Crippen molar-refractivity contribution in [2.24, 2.45) is 39.4 Å². The second kappa shape index (κ2) is 8.05. The first-order valence-electron chi connectivity index (χ1n) is 13.5. The molecule has 3 nitrogen and oxygen atoms in total. The van der Waals surface area contributed by atoms with Gasteiger partial charge in [-0.1, -0.05) is 59.3 Å². The molecule has 0 amide bonds. The molecule has 0 bridgehead atoms. The van der Waals surface area contributed by atoms with E-state index < -0.39 is 6.10 Å². The number of allylic oxidation sites excluding steroid dienone is 3. The molecule has 4 rings (SSSR count). The Kier molecular flexibility index (Phi) is 6.14. The number of Topliss-reactive ketones (excluding diaryl/α,β-unsaturated/α-hetero) is 1. The Labute approximate surface area is 202 Å². The highest BCUT2D eigenvalue weighted by atomic mass is 16.3. The second-order valence-electron chi connectivity index (χ2n) is 13.6. The zero-order chi connectivity index (χ0) is 24.6. The third-order valence-electron chi connectivity index (χ3n) is 11.9. The SMILES string of the molecule is C=C(C)C(=O)C[C@H](O)[C@H](C)[C@H]1CC[C@@]2(C)C3=C(CC[C@]12C)[C@@]1(C)CC[C@H](O)C(C)(C)[C@@H]1CC3. The van der Waals surface area contributed by atoms with E-state index in [1.807, 2.05) is 0 Å². The summed E-state index contributed by atoms with van der Waals surface area (Å²) in [6, 6.07) is 0. The number of fused-ring (bicyclic) bond motifs is 4. The Balaban J connectivity index is 1.65. The van der Waals surface area contributed by atoms with Gasteiger partial charge in [-0.05, 0) is 103 Å². The molecule has 0 aromatic heterocycles. The van der Waals surface area contributed by atoms with Crippen LogP contribution in [0.25, 0.3) is 0 Å².